The van der Waals surface area contributed by atoms with Crippen molar-refractivity contribution in [2.24, 2.45) is 5.92 Å². The lowest BCUT2D eigenvalue weighted by atomic mass is 9.77. The summed E-state index contributed by atoms with van der Waals surface area (Å²) in [6.45, 7) is 3.81. The first-order valence-corrected chi connectivity index (χ1v) is 5.80. The molecule has 1 N–H and O–H groups in total. The quantitative estimate of drug-likeness (QED) is 0.807. The van der Waals surface area contributed by atoms with Gasteiger partial charge < -0.3 is 5.11 Å². The monoisotopic (exact) mass is 228 g/mol. The number of allylic oxidation sites excluding steroid dienone is 2. The van der Waals surface area contributed by atoms with Gasteiger partial charge in [-0.05, 0) is 18.1 Å². The van der Waals surface area contributed by atoms with Crippen molar-refractivity contribution in [1.82, 2.24) is 0 Å². The summed E-state index contributed by atoms with van der Waals surface area (Å²) >= 11 is 0. The summed E-state index contributed by atoms with van der Waals surface area (Å²) in [5, 5.41) is 9.62. The van der Waals surface area contributed by atoms with Gasteiger partial charge in [0.05, 0.1) is 6.10 Å². The van der Waals surface area contributed by atoms with E-state index in [4.69, 9.17) is 0 Å². The number of aliphatic hydroxyl groups is 1. The summed E-state index contributed by atoms with van der Waals surface area (Å²) in [6.07, 6.45) is 4.79. The zero-order valence-corrected chi connectivity index (χ0v) is 9.62. The molecule has 88 valence electrons. The second-order valence-corrected chi connectivity index (χ2v) is 4.34. The first kappa shape index (κ1) is 11.8. The predicted octanol–water partition coefficient (Wildman–Crippen LogP) is 2.46. The highest BCUT2D eigenvalue weighted by Crippen LogP contribution is 2.32. The van der Waals surface area contributed by atoms with Gasteiger partial charge in [0.2, 0.25) is 0 Å². The highest BCUT2D eigenvalue weighted by atomic mass is 16.3. The fraction of sp³-hybridized carbons (Fsp3) is 0.267. The van der Waals surface area contributed by atoms with Crippen molar-refractivity contribution in [3.05, 3.63) is 60.7 Å². The minimum Gasteiger partial charge on any atom is -0.389 e. The number of carbonyl (C=O) groups excluding carboxylic acids is 1. The van der Waals surface area contributed by atoms with Crippen LogP contribution in [0, 0.1) is 5.92 Å². The minimum atomic E-state index is -0.524. The maximum absolute atomic E-state index is 11.9. The summed E-state index contributed by atoms with van der Waals surface area (Å²) in [6, 6.07) is 9.83. The Balaban J connectivity index is 2.28. The normalized spacial score (nSPS) is 25.6. The van der Waals surface area contributed by atoms with Gasteiger partial charge in [-0.1, -0.05) is 42.5 Å². The van der Waals surface area contributed by atoms with Gasteiger partial charge in [-0.2, -0.15) is 0 Å². The van der Waals surface area contributed by atoms with Gasteiger partial charge in [0, 0.05) is 11.8 Å². The second-order valence-electron chi connectivity index (χ2n) is 4.34. The summed E-state index contributed by atoms with van der Waals surface area (Å²) in [5.74, 6) is -0.151. The minimum absolute atomic E-state index is 0.0247. The smallest absolute Gasteiger partial charge is 0.159 e. The van der Waals surface area contributed by atoms with E-state index in [0.717, 1.165) is 5.56 Å². The summed E-state index contributed by atoms with van der Waals surface area (Å²) in [7, 11) is 0. The first-order valence-electron chi connectivity index (χ1n) is 5.80. The molecule has 0 amide bonds. The molecule has 0 aliphatic heterocycles. The van der Waals surface area contributed by atoms with Gasteiger partial charge in [0.25, 0.3) is 0 Å². The van der Waals surface area contributed by atoms with Crippen LogP contribution >= 0.6 is 0 Å². The van der Waals surface area contributed by atoms with Crippen LogP contribution in [0.4, 0.5) is 0 Å². The zero-order chi connectivity index (χ0) is 12.3. The molecular formula is C15H16O2. The average molecular weight is 228 g/mol. The number of aliphatic hydroxyl groups excluding tert-OH is 1. The molecule has 0 bridgehead atoms. The molecule has 0 spiro atoms. The Morgan fingerprint density at radius 2 is 2.06 bits per heavy atom. The molecule has 1 aromatic rings. The standard InChI is InChI=1S/C15H16O2/c1-2-13(11-6-4-3-5-7-11)14-10-12(16)8-9-15(14)17/h2-9,12-14,16H,1,10H2/t12-,13?,14-/m0/s1. The largest absolute Gasteiger partial charge is 0.389 e. The van der Waals surface area contributed by atoms with Crippen molar-refractivity contribution >= 4 is 5.78 Å². The fourth-order valence-electron chi connectivity index (χ4n) is 2.32. The molecule has 0 radical (unpaired) electrons. The molecule has 2 heteroatoms. The van der Waals surface area contributed by atoms with E-state index in [2.05, 4.69) is 6.58 Å². The lowest BCUT2D eigenvalue weighted by molar-refractivity contribution is -0.120. The molecule has 0 heterocycles. The Morgan fingerprint density at radius 1 is 1.35 bits per heavy atom. The van der Waals surface area contributed by atoms with E-state index in [1.165, 1.54) is 6.08 Å². The van der Waals surface area contributed by atoms with Crippen LogP contribution < -0.4 is 0 Å². The molecule has 1 aliphatic carbocycles. The van der Waals surface area contributed by atoms with Gasteiger partial charge in [-0.25, -0.2) is 0 Å². The Hall–Kier alpha value is -1.67. The third-order valence-electron chi connectivity index (χ3n) is 3.22. The molecule has 17 heavy (non-hydrogen) atoms. The first-order chi connectivity index (χ1) is 8.22. The SMILES string of the molecule is C=CC(c1ccccc1)[C@@H]1C[C@@H](O)C=CC1=O. The van der Waals surface area contributed by atoms with E-state index in [0.29, 0.717) is 6.42 Å². The summed E-state index contributed by atoms with van der Waals surface area (Å²) < 4.78 is 0. The van der Waals surface area contributed by atoms with E-state index in [9.17, 15) is 9.90 Å². The molecule has 0 fully saturated rings. The van der Waals surface area contributed by atoms with E-state index >= 15 is 0 Å². The van der Waals surface area contributed by atoms with Gasteiger partial charge in [0.15, 0.2) is 5.78 Å². The number of hydrogen-bond donors (Lipinski definition) is 1. The molecule has 0 saturated carbocycles. The third-order valence-corrected chi connectivity index (χ3v) is 3.22. The Kier molecular flexibility index (Phi) is 3.55. The van der Waals surface area contributed by atoms with Crippen molar-refractivity contribution < 1.29 is 9.90 Å². The van der Waals surface area contributed by atoms with Crippen molar-refractivity contribution in [2.75, 3.05) is 0 Å². The van der Waals surface area contributed by atoms with Crippen molar-refractivity contribution in [2.45, 2.75) is 18.4 Å². The van der Waals surface area contributed by atoms with Crippen LogP contribution in [0.2, 0.25) is 0 Å². The van der Waals surface area contributed by atoms with Crippen LogP contribution in [0.3, 0.4) is 0 Å². The summed E-state index contributed by atoms with van der Waals surface area (Å²) in [5.41, 5.74) is 1.07. The summed E-state index contributed by atoms with van der Waals surface area (Å²) in [4.78, 5) is 11.9. The van der Waals surface area contributed by atoms with Gasteiger partial charge in [-0.15, -0.1) is 6.58 Å². The predicted molar refractivity (Wildman–Crippen MR) is 67.6 cm³/mol. The zero-order valence-electron chi connectivity index (χ0n) is 9.62. The van der Waals surface area contributed by atoms with Crippen molar-refractivity contribution in [1.29, 1.82) is 0 Å². The van der Waals surface area contributed by atoms with Crippen molar-refractivity contribution in [3.8, 4) is 0 Å². The molecule has 1 aromatic carbocycles. The number of ketones is 1. The molecule has 1 unspecified atom stereocenters. The maximum Gasteiger partial charge on any atom is 0.159 e. The van der Waals surface area contributed by atoms with E-state index in [1.807, 2.05) is 30.3 Å². The molecular weight excluding hydrogens is 212 g/mol. The molecule has 2 nitrogen and oxygen atoms in total. The Labute approximate surface area is 101 Å². The van der Waals surface area contributed by atoms with Gasteiger partial charge >= 0.3 is 0 Å². The van der Waals surface area contributed by atoms with Crippen LogP contribution in [0.5, 0.6) is 0 Å². The van der Waals surface area contributed by atoms with E-state index in [1.54, 1.807) is 12.2 Å². The van der Waals surface area contributed by atoms with E-state index in [-0.39, 0.29) is 17.6 Å². The van der Waals surface area contributed by atoms with E-state index < -0.39 is 6.10 Å². The molecule has 2 rings (SSSR count). The van der Waals surface area contributed by atoms with Crippen LogP contribution in [-0.4, -0.2) is 17.0 Å². The number of hydrogen-bond acceptors (Lipinski definition) is 2. The molecule has 3 atom stereocenters. The molecule has 0 saturated heterocycles. The highest BCUT2D eigenvalue weighted by molar-refractivity contribution is 5.93. The lowest BCUT2D eigenvalue weighted by Crippen LogP contribution is -2.28. The van der Waals surface area contributed by atoms with Crippen molar-refractivity contribution in [3.63, 3.8) is 0 Å². The van der Waals surface area contributed by atoms with Gasteiger partial charge in [-0.3, -0.25) is 4.79 Å². The molecule has 1 aliphatic rings. The Morgan fingerprint density at radius 3 is 2.71 bits per heavy atom. The average Bonchev–Trinajstić information content (AvgIpc) is 2.36. The Bertz CT molecular complexity index is 433. The second kappa shape index (κ2) is 5.11. The number of rotatable bonds is 3. The number of carbonyl (C=O) groups is 1. The highest BCUT2D eigenvalue weighted by Gasteiger charge is 2.30. The fourth-order valence-corrected chi connectivity index (χ4v) is 2.32. The van der Waals surface area contributed by atoms with Crippen LogP contribution in [0.15, 0.2) is 55.1 Å². The van der Waals surface area contributed by atoms with Crippen LogP contribution in [0.25, 0.3) is 0 Å². The lowest BCUT2D eigenvalue weighted by Gasteiger charge is -2.26. The maximum atomic E-state index is 11.9. The molecule has 0 aromatic heterocycles. The van der Waals surface area contributed by atoms with Crippen LogP contribution in [0.1, 0.15) is 17.9 Å². The topological polar surface area (TPSA) is 37.3 Å². The third kappa shape index (κ3) is 2.53. The van der Waals surface area contributed by atoms with Gasteiger partial charge in [0.1, 0.15) is 0 Å². The number of benzene rings is 1. The van der Waals surface area contributed by atoms with Crippen LogP contribution in [-0.2, 0) is 4.79 Å².